The predicted molar refractivity (Wildman–Crippen MR) is 62.0 cm³/mol. The summed E-state index contributed by atoms with van der Waals surface area (Å²) in [6.07, 6.45) is 4.02. The van der Waals surface area contributed by atoms with Crippen molar-refractivity contribution in [3.63, 3.8) is 0 Å². The van der Waals surface area contributed by atoms with Crippen molar-refractivity contribution in [2.24, 2.45) is 5.73 Å². The zero-order chi connectivity index (χ0) is 10.7. The van der Waals surface area contributed by atoms with Crippen molar-refractivity contribution in [3.8, 4) is 0 Å². The lowest BCUT2D eigenvalue weighted by atomic mass is 10.0. The Balaban J connectivity index is 0. The maximum Gasteiger partial charge on any atom is 0.0215 e. The lowest BCUT2D eigenvalue weighted by molar-refractivity contribution is 0.191. The van der Waals surface area contributed by atoms with E-state index in [1.54, 1.807) is 0 Å². The van der Waals surface area contributed by atoms with E-state index < -0.39 is 0 Å². The Morgan fingerprint density at radius 3 is 2.00 bits per heavy atom. The Morgan fingerprint density at radius 2 is 1.69 bits per heavy atom. The first-order chi connectivity index (χ1) is 6.34. The van der Waals surface area contributed by atoms with Crippen LogP contribution in [0.25, 0.3) is 0 Å². The number of hydrogen-bond donors (Lipinski definition) is 1. The lowest BCUT2D eigenvalue weighted by Gasteiger charge is -2.31. The molecule has 13 heavy (non-hydrogen) atoms. The molecule has 82 valence electrons. The minimum atomic E-state index is 0.666. The second-order valence-electron chi connectivity index (χ2n) is 2.87. The first-order valence-corrected chi connectivity index (χ1v) is 5.75. The molecule has 1 aliphatic heterocycles. The monoisotopic (exact) mass is 188 g/mol. The summed E-state index contributed by atoms with van der Waals surface area (Å²) in [6.45, 7) is 10.1. The number of rotatable bonds is 1. The quantitative estimate of drug-likeness (QED) is 0.685. The van der Waals surface area contributed by atoms with Crippen molar-refractivity contribution in [1.29, 1.82) is 0 Å². The summed E-state index contributed by atoms with van der Waals surface area (Å²) in [5.74, 6) is 0. The van der Waals surface area contributed by atoms with Crippen molar-refractivity contribution < 1.29 is 0 Å². The van der Waals surface area contributed by atoms with Crippen LogP contribution >= 0.6 is 0 Å². The summed E-state index contributed by atoms with van der Waals surface area (Å²) in [5, 5.41) is 0. The fraction of sp³-hybridized carbons (Fsp3) is 1.00. The van der Waals surface area contributed by atoms with E-state index in [4.69, 9.17) is 5.73 Å². The highest BCUT2D eigenvalue weighted by Gasteiger charge is 2.15. The van der Waals surface area contributed by atoms with Gasteiger partial charge >= 0.3 is 0 Å². The average Bonchev–Trinajstić information content (AvgIpc) is 2.24. The van der Waals surface area contributed by atoms with Crippen LogP contribution < -0.4 is 5.73 Å². The van der Waals surface area contributed by atoms with Gasteiger partial charge in [-0.1, -0.05) is 34.1 Å². The van der Waals surface area contributed by atoms with Crippen molar-refractivity contribution in [1.82, 2.24) is 4.90 Å². The van der Waals surface area contributed by atoms with Crippen LogP contribution in [-0.2, 0) is 0 Å². The molecule has 0 aromatic carbocycles. The molecular weight excluding hydrogens is 160 g/mol. The number of likely N-dealkylation sites (N-methyl/N-ethyl adjacent to an activating group) is 1. The molecule has 0 radical (unpaired) electrons. The van der Waals surface area contributed by atoms with Gasteiger partial charge in [0.2, 0.25) is 0 Å². The van der Waals surface area contributed by atoms with Gasteiger partial charge in [-0.05, 0) is 26.4 Å². The average molecular weight is 188 g/mol. The highest BCUT2D eigenvalue weighted by molar-refractivity contribution is 4.73. The fourth-order valence-corrected chi connectivity index (χ4v) is 1.44. The largest absolute Gasteiger partial charge is 0.329 e. The molecule has 2 heteroatoms. The Hall–Kier alpha value is -0.0800. The summed E-state index contributed by atoms with van der Waals surface area (Å²) in [7, 11) is 2.16. The van der Waals surface area contributed by atoms with E-state index >= 15 is 0 Å². The maximum absolute atomic E-state index is 5.55. The summed E-state index contributed by atoms with van der Waals surface area (Å²) in [6, 6.07) is 0.666. The number of hydrogen-bond acceptors (Lipinski definition) is 2. The maximum atomic E-state index is 5.55. The Labute approximate surface area is 84.5 Å². The number of nitrogens with zero attached hydrogens (tertiary/aromatic N) is 1. The third-order valence-electron chi connectivity index (χ3n) is 2.19. The van der Waals surface area contributed by atoms with Gasteiger partial charge in [0.15, 0.2) is 0 Å². The Morgan fingerprint density at radius 1 is 1.15 bits per heavy atom. The van der Waals surface area contributed by atoms with Crippen LogP contribution in [0.2, 0.25) is 0 Å². The van der Waals surface area contributed by atoms with Crippen LogP contribution in [-0.4, -0.2) is 31.1 Å². The normalized spacial score (nSPS) is 22.2. The molecule has 1 atom stereocenters. The van der Waals surface area contributed by atoms with Gasteiger partial charge in [-0.2, -0.15) is 0 Å². The Bertz CT molecular complexity index is 84.2. The molecular formula is C11H28N2. The van der Waals surface area contributed by atoms with Crippen LogP contribution in [0.3, 0.4) is 0 Å². The Kier molecular flexibility index (Phi) is 14.1. The van der Waals surface area contributed by atoms with Gasteiger partial charge in [0.25, 0.3) is 0 Å². The smallest absolute Gasteiger partial charge is 0.0215 e. The minimum absolute atomic E-state index is 0.666. The molecule has 0 aromatic heterocycles. The summed E-state index contributed by atoms with van der Waals surface area (Å²) in [5.41, 5.74) is 5.55. The molecule has 1 unspecified atom stereocenters. The number of nitrogens with two attached hydrogens (primary N) is 1. The van der Waals surface area contributed by atoms with E-state index in [1.807, 2.05) is 27.7 Å². The standard InChI is InChI=1S/C7H16N2.2C2H6/c1-9-5-3-2-4-7(9)6-8;2*1-2/h7H,2-6,8H2,1H3;2*1-2H3. The van der Waals surface area contributed by atoms with Crippen LogP contribution in [0.5, 0.6) is 0 Å². The third kappa shape index (κ3) is 7.03. The molecule has 1 rings (SSSR count). The topological polar surface area (TPSA) is 29.3 Å². The first kappa shape index (κ1) is 15.4. The summed E-state index contributed by atoms with van der Waals surface area (Å²) in [4.78, 5) is 2.36. The zero-order valence-electron chi connectivity index (χ0n) is 10.1. The fourth-order valence-electron chi connectivity index (χ4n) is 1.44. The van der Waals surface area contributed by atoms with Gasteiger partial charge in [0.05, 0.1) is 0 Å². The molecule has 2 N–H and O–H groups in total. The molecule has 0 spiro atoms. The van der Waals surface area contributed by atoms with Gasteiger partial charge in [0.1, 0.15) is 0 Å². The van der Waals surface area contributed by atoms with E-state index in [-0.39, 0.29) is 0 Å². The molecule has 2 nitrogen and oxygen atoms in total. The number of piperidine rings is 1. The van der Waals surface area contributed by atoms with E-state index in [2.05, 4.69) is 11.9 Å². The minimum Gasteiger partial charge on any atom is -0.329 e. The molecule has 0 aliphatic carbocycles. The predicted octanol–water partition coefficient (Wildman–Crippen LogP) is 2.48. The van der Waals surface area contributed by atoms with Crippen LogP contribution in [0.4, 0.5) is 0 Å². The van der Waals surface area contributed by atoms with Gasteiger partial charge < -0.3 is 10.6 Å². The highest BCUT2D eigenvalue weighted by atomic mass is 15.1. The first-order valence-electron chi connectivity index (χ1n) is 5.75. The molecule has 1 heterocycles. The van der Waals surface area contributed by atoms with Crippen molar-refractivity contribution in [3.05, 3.63) is 0 Å². The molecule has 0 bridgehead atoms. The third-order valence-corrected chi connectivity index (χ3v) is 2.19. The van der Waals surface area contributed by atoms with Gasteiger partial charge in [-0.3, -0.25) is 0 Å². The van der Waals surface area contributed by atoms with Crippen molar-refractivity contribution >= 4 is 0 Å². The van der Waals surface area contributed by atoms with E-state index in [0.29, 0.717) is 6.04 Å². The molecule has 0 amide bonds. The molecule has 0 aromatic rings. The molecule has 0 saturated carbocycles. The SMILES string of the molecule is CC.CC.CN1CCCCC1CN. The summed E-state index contributed by atoms with van der Waals surface area (Å²) < 4.78 is 0. The van der Waals surface area contributed by atoms with E-state index in [1.165, 1.54) is 25.8 Å². The second-order valence-corrected chi connectivity index (χ2v) is 2.87. The second kappa shape index (κ2) is 11.9. The van der Waals surface area contributed by atoms with Crippen LogP contribution in [0.15, 0.2) is 0 Å². The van der Waals surface area contributed by atoms with Gasteiger partial charge in [-0.15, -0.1) is 0 Å². The highest BCUT2D eigenvalue weighted by Crippen LogP contribution is 2.12. The number of likely N-dealkylation sites (tertiary alicyclic amines) is 1. The zero-order valence-corrected chi connectivity index (χ0v) is 10.1. The van der Waals surface area contributed by atoms with Gasteiger partial charge in [0, 0.05) is 12.6 Å². The van der Waals surface area contributed by atoms with E-state index in [9.17, 15) is 0 Å². The van der Waals surface area contributed by atoms with Crippen molar-refractivity contribution in [2.45, 2.75) is 53.0 Å². The molecule has 1 saturated heterocycles. The lowest BCUT2D eigenvalue weighted by Crippen LogP contribution is -2.41. The molecule has 1 aliphatic rings. The molecule has 1 fully saturated rings. The van der Waals surface area contributed by atoms with Crippen molar-refractivity contribution in [2.75, 3.05) is 20.1 Å². The van der Waals surface area contributed by atoms with E-state index in [0.717, 1.165) is 6.54 Å². The summed E-state index contributed by atoms with van der Waals surface area (Å²) >= 11 is 0. The van der Waals surface area contributed by atoms with Crippen LogP contribution in [0, 0.1) is 0 Å². The van der Waals surface area contributed by atoms with Crippen LogP contribution in [0.1, 0.15) is 47.0 Å². The van der Waals surface area contributed by atoms with Gasteiger partial charge in [-0.25, -0.2) is 0 Å².